The summed E-state index contributed by atoms with van der Waals surface area (Å²) in [6, 6.07) is 3.46. The molecule has 8 nitrogen and oxygen atoms in total. The maximum absolute atomic E-state index is 14.6. The predicted octanol–water partition coefficient (Wildman–Crippen LogP) is 3.76. The molecule has 0 unspecified atom stereocenters. The van der Waals surface area contributed by atoms with Gasteiger partial charge in [0, 0.05) is 5.69 Å². The number of hydrogen-bond donors (Lipinski definition) is 1. The number of aromatic nitrogens is 4. The Balaban J connectivity index is 2.26. The molecule has 0 spiro atoms. The van der Waals surface area contributed by atoms with E-state index in [-0.39, 0.29) is 22.6 Å². The van der Waals surface area contributed by atoms with Gasteiger partial charge in [-0.05, 0) is 38.5 Å². The lowest BCUT2D eigenvalue weighted by Gasteiger charge is -2.22. The van der Waals surface area contributed by atoms with Gasteiger partial charge in [-0.3, -0.25) is 14.2 Å². The molecule has 1 N–H and O–H groups in total. The molecule has 3 aromatic rings. The van der Waals surface area contributed by atoms with Gasteiger partial charge in [-0.15, -0.1) is 0 Å². The fourth-order valence-corrected chi connectivity index (χ4v) is 3.14. The molecule has 2 aromatic heterocycles. The van der Waals surface area contributed by atoms with Crippen molar-refractivity contribution in [2.75, 3.05) is 0 Å². The van der Waals surface area contributed by atoms with Gasteiger partial charge in [0.05, 0.1) is 24.0 Å². The number of ether oxygens (including phenoxy) is 1. The molecule has 3 rings (SSSR count). The lowest BCUT2D eigenvalue weighted by atomic mass is 10.1. The third-order valence-corrected chi connectivity index (χ3v) is 4.83. The van der Waals surface area contributed by atoms with Crippen molar-refractivity contribution < 1.29 is 31.1 Å². The van der Waals surface area contributed by atoms with E-state index in [0.29, 0.717) is 10.9 Å². The second-order valence-electron chi connectivity index (χ2n) is 7.48. The highest BCUT2D eigenvalue weighted by atomic mass is 19.4. The van der Waals surface area contributed by atoms with Crippen molar-refractivity contribution in [2.45, 2.75) is 39.4 Å². The molecule has 0 saturated heterocycles. The Morgan fingerprint density at radius 3 is 2.37 bits per heavy atom. The Morgan fingerprint density at radius 1 is 1.14 bits per heavy atom. The first-order chi connectivity index (χ1) is 16.2. The van der Waals surface area contributed by atoms with Crippen LogP contribution in [0.15, 0.2) is 28.0 Å². The average Bonchev–Trinajstić information content (AvgIpc) is 2.74. The van der Waals surface area contributed by atoms with Gasteiger partial charge in [0.25, 0.3) is 11.1 Å². The van der Waals surface area contributed by atoms with Crippen LogP contribution in [0.4, 0.5) is 26.3 Å². The van der Waals surface area contributed by atoms with Gasteiger partial charge in [-0.2, -0.15) is 27.2 Å². The lowest BCUT2D eigenvalue weighted by molar-refractivity contribution is -0.291. The van der Waals surface area contributed by atoms with E-state index in [1.807, 2.05) is 0 Å². The summed E-state index contributed by atoms with van der Waals surface area (Å²) in [6.45, 7) is 3.66. The number of halogens is 6. The molecule has 35 heavy (non-hydrogen) atoms. The van der Waals surface area contributed by atoms with Crippen molar-refractivity contribution >= 4 is 0 Å². The van der Waals surface area contributed by atoms with E-state index in [1.165, 1.54) is 26.8 Å². The number of benzene rings is 1. The molecule has 0 atom stereocenters. The van der Waals surface area contributed by atoms with Gasteiger partial charge in [0.2, 0.25) is 5.75 Å². The van der Waals surface area contributed by atoms with E-state index >= 15 is 0 Å². The van der Waals surface area contributed by atoms with Crippen LogP contribution in [0.25, 0.3) is 0 Å². The summed E-state index contributed by atoms with van der Waals surface area (Å²) in [5, 5.41) is 9.03. The van der Waals surface area contributed by atoms with Crippen molar-refractivity contribution in [3.05, 3.63) is 78.9 Å². The van der Waals surface area contributed by atoms with Crippen LogP contribution < -0.4 is 15.9 Å². The normalized spacial score (nSPS) is 11.9. The van der Waals surface area contributed by atoms with Crippen LogP contribution in [0.2, 0.25) is 0 Å². The molecule has 0 bridgehead atoms. The number of nitrogens with one attached hydrogen (secondary N) is 1. The third-order valence-electron chi connectivity index (χ3n) is 4.83. The zero-order valence-electron chi connectivity index (χ0n) is 18.2. The quantitative estimate of drug-likeness (QED) is 0.535. The minimum atomic E-state index is -6.17. The molecule has 0 aliphatic heterocycles. The monoisotopic (exact) mass is 499 g/mol. The number of aromatic amines is 1. The predicted molar refractivity (Wildman–Crippen MR) is 108 cm³/mol. The minimum Gasteiger partial charge on any atom is -0.446 e. The van der Waals surface area contributed by atoms with Gasteiger partial charge in [-0.25, -0.2) is 14.4 Å². The van der Waals surface area contributed by atoms with Crippen LogP contribution in [0, 0.1) is 37.9 Å². The molecule has 0 aliphatic carbocycles. The zero-order valence-corrected chi connectivity index (χ0v) is 18.2. The number of aryl methyl sites for hydroxylation is 3. The van der Waals surface area contributed by atoms with Crippen molar-refractivity contribution in [1.29, 1.82) is 5.26 Å². The van der Waals surface area contributed by atoms with Gasteiger partial charge in [-0.1, -0.05) is 0 Å². The van der Waals surface area contributed by atoms with Crippen LogP contribution in [0.5, 0.6) is 11.5 Å². The zero-order chi connectivity index (χ0) is 26.3. The first-order valence-electron chi connectivity index (χ1n) is 9.66. The van der Waals surface area contributed by atoms with E-state index in [1.54, 1.807) is 0 Å². The van der Waals surface area contributed by atoms with Crippen LogP contribution in [-0.2, 0) is 12.5 Å². The summed E-state index contributed by atoms with van der Waals surface area (Å²) in [4.78, 5) is 34.7. The van der Waals surface area contributed by atoms with E-state index in [2.05, 4.69) is 15.0 Å². The van der Waals surface area contributed by atoms with E-state index in [0.717, 1.165) is 12.1 Å². The number of rotatable bonds is 5. The van der Waals surface area contributed by atoms with Crippen LogP contribution in [-0.4, -0.2) is 25.7 Å². The first kappa shape index (κ1) is 25.5. The summed E-state index contributed by atoms with van der Waals surface area (Å²) in [5.74, 6) is -9.36. The van der Waals surface area contributed by atoms with Crippen LogP contribution in [0.3, 0.4) is 0 Å². The Morgan fingerprint density at radius 2 is 1.80 bits per heavy atom. The SMILES string of the molecule is Cc1cc(C#N)c(F)c(Oc2c(C(F)(F)C(F)(F)F)ncn(Cc3c(C)nc(C)[nH]c3=O)c2=O)c1. The standard InChI is InChI=1S/C21H15F6N5O3/c1-9-4-12(6-28)15(22)14(5-9)35-16-17(20(23,24)21(25,26)27)29-8-32(19(16)34)7-13-10(2)30-11(3)31-18(13)33/h4-5,8H,7H2,1-3H3,(H,30,31,33). The first-order valence-corrected chi connectivity index (χ1v) is 9.66. The Hall–Kier alpha value is -4.15. The Bertz CT molecular complexity index is 1470. The molecule has 0 saturated carbocycles. The third kappa shape index (κ3) is 4.75. The largest absolute Gasteiger partial charge is 0.459 e. The smallest absolute Gasteiger partial charge is 0.446 e. The lowest BCUT2D eigenvalue weighted by Crippen LogP contribution is -2.38. The molecule has 0 amide bonds. The van der Waals surface area contributed by atoms with E-state index < -0.39 is 58.3 Å². The van der Waals surface area contributed by atoms with E-state index in [4.69, 9.17) is 10.00 Å². The molecule has 0 aliphatic rings. The highest BCUT2D eigenvalue weighted by molar-refractivity contribution is 5.45. The molecule has 14 heteroatoms. The van der Waals surface area contributed by atoms with Gasteiger partial charge < -0.3 is 9.72 Å². The molecule has 184 valence electrons. The van der Waals surface area contributed by atoms with Crippen molar-refractivity contribution in [2.24, 2.45) is 0 Å². The molecular formula is C21H15F6N5O3. The minimum absolute atomic E-state index is 0.103. The van der Waals surface area contributed by atoms with Crippen LogP contribution in [0.1, 0.15) is 33.9 Å². The topological polar surface area (TPSA) is 114 Å². The summed E-state index contributed by atoms with van der Waals surface area (Å²) < 4.78 is 87.8. The van der Waals surface area contributed by atoms with Crippen molar-refractivity contribution in [1.82, 2.24) is 19.5 Å². The number of nitrogens with zero attached hydrogens (tertiary/aromatic N) is 4. The number of H-pyrrole nitrogens is 1. The summed E-state index contributed by atoms with van der Waals surface area (Å²) in [7, 11) is 0. The highest BCUT2D eigenvalue weighted by Gasteiger charge is 2.62. The van der Waals surface area contributed by atoms with Crippen molar-refractivity contribution in [3.63, 3.8) is 0 Å². The van der Waals surface area contributed by atoms with Gasteiger partial charge in [0.1, 0.15) is 11.9 Å². The molecule has 0 fully saturated rings. The molecule has 0 radical (unpaired) electrons. The fourth-order valence-electron chi connectivity index (χ4n) is 3.14. The molecular weight excluding hydrogens is 484 g/mol. The van der Waals surface area contributed by atoms with E-state index in [9.17, 15) is 35.9 Å². The second-order valence-corrected chi connectivity index (χ2v) is 7.48. The average molecular weight is 499 g/mol. The van der Waals surface area contributed by atoms with Crippen LogP contribution >= 0.6 is 0 Å². The Labute approximate surface area is 192 Å². The fraction of sp³-hybridized carbons (Fsp3) is 0.286. The number of alkyl halides is 5. The Kier molecular flexibility index (Phi) is 6.47. The second kappa shape index (κ2) is 8.90. The molecule has 1 aromatic carbocycles. The summed E-state index contributed by atoms with van der Waals surface area (Å²) in [6.07, 6.45) is -5.79. The summed E-state index contributed by atoms with van der Waals surface area (Å²) >= 11 is 0. The number of hydrogen-bond acceptors (Lipinski definition) is 6. The van der Waals surface area contributed by atoms with Crippen molar-refractivity contribution in [3.8, 4) is 17.6 Å². The number of nitriles is 1. The molecule has 2 heterocycles. The summed E-state index contributed by atoms with van der Waals surface area (Å²) in [5.41, 5.74) is -4.70. The van der Waals surface area contributed by atoms with Gasteiger partial charge in [0.15, 0.2) is 17.3 Å². The maximum atomic E-state index is 14.6. The highest BCUT2D eigenvalue weighted by Crippen LogP contribution is 2.46. The van der Waals surface area contributed by atoms with Gasteiger partial charge >= 0.3 is 12.1 Å². The maximum Gasteiger partial charge on any atom is 0.459 e.